The van der Waals surface area contributed by atoms with Crippen molar-refractivity contribution in [2.24, 2.45) is 0 Å². The van der Waals surface area contributed by atoms with E-state index in [4.69, 9.17) is 0 Å². The summed E-state index contributed by atoms with van der Waals surface area (Å²) in [6.07, 6.45) is 1.86. The number of anilines is 1. The number of benzene rings is 3. The van der Waals surface area contributed by atoms with Gasteiger partial charge in [-0.1, -0.05) is 67.4 Å². The fourth-order valence-corrected chi connectivity index (χ4v) is 4.49. The zero-order chi connectivity index (χ0) is 24.2. The Morgan fingerprint density at radius 3 is 2.53 bits per heavy atom. The van der Waals surface area contributed by atoms with Gasteiger partial charge in [-0.05, 0) is 43.4 Å². The molecule has 3 aromatic rings. The van der Waals surface area contributed by atoms with Gasteiger partial charge in [-0.2, -0.15) is 0 Å². The van der Waals surface area contributed by atoms with Crippen LogP contribution in [0.4, 0.5) is 5.69 Å². The van der Waals surface area contributed by atoms with Crippen LogP contribution in [-0.2, 0) is 16.1 Å². The van der Waals surface area contributed by atoms with Crippen molar-refractivity contribution in [2.75, 3.05) is 18.0 Å². The van der Waals surface area contributed by atoms with Gasteiger partial charge in [0.15, 0.2) is 0 Å². The van der Waals surface area contributed by atoms with Crippen LogP contribution < -0.4 is 10.2 Å². The summed E-state index contributed by atoms with van der Waals surface area (Å²) in [5.74, 6) is -0.638. The molecule has 1 aliphatic rings. The van der Waals surface area contributed by atoms with Gasteiger partial charge in [0.1, 0.15) is 12.6 Å². The molecule has 0 saturated heterocycles. The van der Waals surface area contributed by atoms with Gasteiger partial charge in [-0.25, -0.2) is 0 Å². The van der Waals surface area contributed by atoms with Crippen LogP contribution in [0.1, 0.15) is 48.2 Å². The molecular formula is C28H31N3O3. The molecule has 3 amide bonds. The highest BCUT2D eigenvalue weighted by Crippen LogP contribution is 2.37. The third-order valence-electron chi connectivity index (χ3n) is 6.37. The molecule has 1 heterocycles. The van der Waals surface area contributed by atoms with E-state index < -0.39 is 6.04 Å². The number of unbranched alkanes of at least 4 members (excludes halogenated alkanes) is 1. The van der Waals surface area contributed by atoms with E-state index in [9.17, 15) is 14.4 Å². The molecule has 6 heteroatoms. The van der Waals surface area contributed by atoms with E-state index in [-0.39, 0.29) is 24.3 Å². The van der Waals surface area contributed by atoms with E-state index >= 15 is 0 Å². The molecule has 6 nitrogen and oxygen atoms in total. The summed E-state index contributed by atoms with van der Waals surface area (Å²) >= 11 is 0. The molecule has 0 unspecified atom stereocenters. The lowest BCUT2D eigenvalue weighted by Gasteiger charge is -2.30. The Bertz CT molecular complexity index is 1230. The van der Waals surface area contributed by atoms with Gasteiger partial charge in [-0.15, -0.1) is 0 Å². The molecule has 4 rings (SSSR count). The monoisotopic (exact) mass is 457 g/mol. The first-order valence-electron chi connectivity index (χ1n) is 11.9. The molecule has 0 bridgehead atoms. The SMILES string of the molecule is CCCCNC(=O)[C@H](C)N(Cc1cccc(C)c1)C(=O)CN1C(=O)c2cccc3cccc1c23. The lowest BCUT2D eigenvalue weighted by atomic mass is 10.1. The maximum Gasteiger partial charge on any atom is 0.259 e. The smallest absolute Gasteiger partial charge is 0.259 e. The van der Waals surface area contributed by atoms with Gasteiger partial charge in [0.25, 0.3) is 5.91 Å². The van der Waals surface area contributed by atoms with E-state index in [1.54, 1.807) is 17.9 Å². The first-order chi connectivity index (χ1) is 16.4. The highest BCUT2D eigenvalue weighted by Gasteiger charge is 2.34. The second kappa shape index (κ2) is 10.1. The Morgan fingerprint density at radius 1 is 1.06 bits per heavy atom. The zero-order valence-electron chi connectivity index (χ0n) is 20.0. The minimum Gasteiger partial charge on any atom is -0.354 e. The number of hydrogen-bond acceptors (Lipinski definition) is 3. The van der Waals surface area contributed by atoms with Crippen LogP contribution >= 0.6 is 0 Å². The van der Waals surface area contributed by atoms with Gasteiger partial charge in [-0.3, -0.25) is 19.3 Å². The number of nitrogens with one attached hydrogen (secondary N) is 1. The van der Waals surface area contributed by atoms with Crippen LogP contribution in [0, 0.1) is 6.92 Å². The Hall–Kier alpha value is -3.67. The average Bonchev–Trinajstić information content (AvgIpc) is 3.10. The molecule has 0 fully saturated rings. The van der Waals surface area contributed by atoms with E-state index in [2.05, 4.69) is 12.2 Å². The summed E-state index contributed by atoms with van der Waals surface area (Å²) < 4.78 is 0. The highest BCUT2D eigenvalue weighted by atomic mass is 16.2. The largest absolute Gasteiger partial charge is 0.354 e. The minimum absolute atomic E-state index is 0.120. The van der Waals surface area contributed by atoms with Gasteiger partial charge < -0.3 is 10.2 Å². The summed E-state index contributed by atoms with van der Waals surface area (Å²) in [6, 6.07) is 18.6. The van der Waals surface area contributed by atoms with E-state index in [0.717, 1.165) is 40.4 Å². The summed E-state index contributed by atoms with van der Waals surface area (Å²) in [6.45, 7) is 6.56. The number of aryl methyl sites for hydroxylation is 1. The van der Waals surface area contributed by atoms with Crippen molar-refractivity contribution in [2.45, 2.75) is 46.2 Å². The molecule has 0 radical (unpaired) electrons. The van der Waals surface area contributed by atoms with Crippen molar-refractivity contribution < 1.29 is 14.4 Å². The number of rotatable bonds is 9. The lowest BCUT2D eigenvalue weighted by molar-refractivity contribution is -0.139. The fourth-order valence-electron chi connectivity index (χ4n) is 4.49. The van der Waals surface area contributed by atoms with Crippen LogP contribution in [0.2, 0.25) is 0 Å². The molecular weight excluding hydrogens is 426 g/mol. The topological polar surface area (TPSA) is 69.7 Å². The molecule has 0 spiro atoms. The van der Waals surface area contributed by atoms with Crippen molar-refractivity contribution in [1.82, 2.24) is 10.2 Å². The molecule has 0 aliphatic carbocycles. The lowest BCUT2D eigenvalue weighted by Crippen LogP contribution is -2.51. The van der Waals surface area contributed by atoms with Crippen molar-refractivity contribution in [3.8, 4) is 0 Å². The Balaban J connectivity index is 1.60. The number of carbonyl (C=O) groups is 3. The Kier molecular flexibility index (Phi) is 6.96. The molecule has 176 valence electrons. The van der Waals surface area contributed by atoms with E-state index in [1.165, 1.54) is 4.90 Å². The highest BCUT2D eigenvalue weighted by molar-refractivity contribution is 6.26. The molecule has 34 heavy (non-hydrogen) atoms. The first kappa shape index (κ1) is 23.5. The molecule has 1 aliphatic heterocycles. The summed E-state index contributed by atoms with van der Waals surface area (Å²) in [7, 11) is 0. The quantitative estimate of drug-likeness (QED) is 0.483. The third kappa shape index (κ3) is 4.67. The maximum absolute atomic E-state index is 13.6. The van der Waals surface area contributed by atoms with Gasteiger partial charge in [0, 0.05) is 24.0 Å². The van der Waals surface area contributed by atoms with Crippen molar-refractivity contribution in [3.63, 3.8) is 0 Å². The number of nitrogens with zero attached hydrogens (tertiary/aromatic N) is 2. The first-order valence-corrected chi connectivity index (χ1v) is 11.9. The predicted molar refractivity (Wildman–Crippen MR) is 135 cm³/mol. The molecule has 1 N–H and O–H groups in total. The van der Waals surface area contributed by atoms with Crippen molar-refractivity contribution in [1.29, 1.82) is 0 Å². The molecule has 0 saturated carbocycles. The summed E-state index contributed by atoms with van der Waals surface area (Å²) in [4.78, 5) is 42.8. The predicted octanol–water partition coefficient (Wildman–Crippen LogP) is 4.44. The molecule has 3 aromatic carbocycles. The second-order valence-corrected chi connectivity index (χ2v) is 8.90. The van der Waals surface area contributed by atoms with Crippen molar-refractivity contribution >= 4 is 34.2 Å². The van der Waals surface area contributed by atoms with Crippen LogP contribution in [-0.4, -0.2) is 41.8 Å². The van der Waals surface area contributed by atoms with Gasteiger partial charge >= 0.3 is 0 Å². The van der Waals surface area contributed by atoms with Crippen LogP contribution in [0.25, 0.3) is 10.8 Å². The fraction of sp³-hybridized carbons (Fsp3) is 0.321. The zero-order valence-corrected chi connectivity index (χ0v) is 20.0. The number of hydrogen-bond donors (Lipinski definition) is 1. The minimum atomic E-state index is -0.666. The molecule has 1 atom stereocenters. The van der Waals surface area contributed by atoms with Gasteiger partial charge in [0.2, 0.25) is 11.8 Å². The van der Waals surface area contributed by atoms with Crippen LogP contribution in [0.3, 0.4) is 0 Å². The summed E-state index contributed by atoms with van der Waals surface area (Å²) in [5.41, 5.74) is 3.37. The van der Waals surface area contributed by atoms with E-state index in [1.807, 2.05) is 61.5 Å². The van der Waals surface area contributed by atoms with Crippen LogP contribution in [0.15, 0.2) is 60.7 Å². The number of carbonyl (C=O) groups excluding carboxylic acids is 3. The standard InChI is InChI=1S/C28H31N3O3/c1-4-5-15-29-27(33)20(3)30(17-21-10-6-9-19(2)16-21)25(32)18-31-24-14-8-12-22-11-7-13-23(26(22)24)28(31)34/h6-14,16,20H,4-5,15,17-18H2,1-3H3,(H,29,33)/t20-/m0/s1. The summed E-state index contributed by atoms with van der Waals surface area (Å²) in [5, 5.41) is 4.78. The van der Waals surface area contributed by atoms with Gasteiger partial charge in [0.05, 0.1) is 5.69 Å². The van der Waals surface area contributed by atoms with Crippen LogP contribution in [0.5, 0.6) is 0 Å². The Morgan fingerprint density at radius 2 is 1.79 bits per heavy atom. The maximum atomic E-state index is 13.6. The molecule has 0 aromatic heterocycles. The Labute approximate surface area is 200 Å². The number of amides is 3. The van der Waals surface area contributed by atoms with Crippen molar-refractivity contribution in [3.05, 3.63) is 77.4 Å². The second-order valence-electron chi connectivity index (χ2n) is 8.90. The van der Waals surface area contributed by atoms with E-state index in [0.29, 0.717) is 18.7 Å². The third-order valence-corrected chi connectivity index (χ3v) is 6.37. The normalized spacial score (nSPS) is 13.3. The average molecular weight is 458 g/mol.